The highest BCUT2D eigenvalue weighted by molar-refractivity contribution is 8.00. The predicted octanol–water partition coefficient (Wildman–Crippen LogP) is 4.37. The van der Waals surface area contributed by atoms with E-state index in [1.165, 1.54) is 23.9 Å². The van der Waals surface area contributed by atoms with Crippen LogP contribution in [0.5, 0.6) is 0 Å². The van der Waals surface area contributed by atoms with Crippen molar-refractivity contribution >= 4 is 23.4 Å². The summed E-state index contributed by atoms with van der Waals surface area (Å²) in [5.41, 5.74) is -0.328. The fourth-order valence-electron chi connectivity index (χ4n) is 2.51. The van der Waals surface area contributed by atoms with Gasteiger partial charge in [-0.05, 0) is 36.0 Å². The van der Waals surface area contributed by atoms with E-state index in [0.29, 0.717) is 12.1 Å². The largest absolute Gasteiger partial charge is 0.416 e. The second-order valence-electron chi connectivity index (χ2n) is 5.49. The van der Waals surface area contributed by atoms with E-state index in [9.17, 15) is 22.9 Å². The Labute approximate surface area is 146 Å². The first-order valence-electron chi connectivity index (χ1n) is 7.54. The summed E-state index contributed by atoms with van der Waals surface area (Å²) < 4.78 is 39.0. The highest BCUT2D eigenvalue weighted by Crippen LogP contribution is 2.42. The molecule has 2 aromatic rings. The average Bonchev–Trinajstić information content (AvgIpc) is 2.91. The lowest BCUT2D eigenvalue weighted by Crippen LogP contribution is -2.28. The number of rotatable bonds is 4. The van der Waals surface area contributed by atoms with E-state index < -0.39 is 17.6 Å². The first kappa shape index (κ1) is 17.5. The number of nitroso groups, excluding NO2 is 1. The third-order valence-electron chi connectivity index (χ3n) is 3.76. The van der Waals surface area contributed by atoms with Gasteiger partial charge in [0, 0.05) is 29.5 Å². The first-order valence-corrected chi connectivity index (χ1v) is 8.42. The van der Waals surface area contributed by atoms with Crippen LogP contribution in [0.1, 0.15) is 22.3 Å². The van der Waals surface area contributed by atoms with Gasteiger partial charge in [-0.1, -0.05) is 18.2 Å². The molecule has 130 valence electrons. The van der Waals surface area contributed by atoms with Crippen molar-refractivity contribution in [3.05, 3.63) is 64.6 Å². The fraction of sp³-hybridized carbons (Fsp3) is 0.235. The normalized spacial score (nSPS) is 16.6. The van der Waals surface area contributed by atoms with Crippen molar-refractivity contribution in [2.45, 2.75) is 22.9 Å². The summed E-state index contributed by atoms with van der Waals surface area (Å²) in [6, 6.07) is 11.5. The third kappa shape index (κ3) is 3.84. The minimum Gasteiger partial charge on any atom is -0.352 e. The number of hydrogen-bond acceptors (Lipinski definition) is 3. The van der Waals surface area contributed by atoms with Crippen LogP contribution in [0.3, 0.4) is 0 Å². The van der Waals surface area contributed by atoms with Crippen LogP contribution in [0.15, 0.2) is 53.4 Å². The van der Waals surface area contributed by atoms with E-state index in [0.717, 1.165) is 21.8 Å². The highest BCUT2D eigenvalue weighted by Gasteiger charge is 2.39. The lowest BCUT2D eigenvalue weighted by Gasteiger charge is -2.09. The van der Waals surface area contributed by atoms with Gasteiger partial charge in [0.25, 0.3) is 17.0 Å². The summed E-state index contributed by atoms with van der Waals surface area (Å²) in [5, 5.41) is 2.20. The highest BCUT2D eigenvalue weighted by atomic mass is 32.2. The number of amides is 1. The Morgan fingerprint density at radius 3 is 2.64 bits per heavy atom. The number of para-hydroxylation sites is 1. The molecule has 0 spiro atoms. The van der Waals surface area contributed by atoms with Crippen LogP contribution in [0.2, 0.25) is 0 Å². The second kappa shape index (κ2) is 6.87. The molecule has 0 radical (unpaired) electrons. The zero-order valence-corrected chi connectivity index (χ0v) is 13.7. The van der Waals surface area contributed by atoms with Gasteiger partial charge >= 0.3 is 6.18 Å². The smallest absolute Gasteiger partial charge is 0.352 e. The predicted molar refractivity (Wildman–Crippen MR) is 87.8 cm³/mol. The monoisotopic (exact) mass is 367 g/mol. The van der Waals surface area contributed by atoms with Gasteiger partial charge in [-0.15, -0.1) is 0 Å². The Morgan fingerprint density at radius 2 is 1.92 bits per heavy atom. The topological polar surface area (TPSA) is 49.2 Å². The fourth-order valence-corrected chi connectivity index (χ4v) is 3.69. The van der Waals surface area contributed by atoms with Crippen molar-refractivity contribution in [1.29, 1.82) is 0 Å². The zero-order chi connectivity index (χ0) is 18.0. The molecule has 2 aromatic carbocycles. The lowest BCUT2D eigenvalue weighted by atomic mass is 10.1. The summed E-state index contributed by atoms with van der Waals surface area (Å²) >= 11 is 1.41. The molecule has 25 heavy (non-hydrogen) atoms. The van der Waals surface area contributed by atoms with Gasteiger partial charge in [-0.3, -0.25) is 4.79 Å². The minimum absolute atomic E-state index is 0.0591. The molecular weight excluding hydrogens is 353 g/mol. The molecule has 0 aliphatic carbocycles. The molecule has 8 heteroatoms. The molecule has 1 aliphatic rings. The van der Waals surface area contributed by atoms with Crippen LogP contribution >= 0.6 is 11.8 Å². The number of alkyl halides is 3. The average molecular weight is 367 g/mol. The van der Waals surface area contributed by atoms with E-state index >= 15 is 0 Å². The Morgan fingerprint density at radius 1 is 1.16 bits per heavy atom. The van der Waals surface area contributed by atoms with Gasteiger partial charge in [0.15, 0.2) is 0 Å². The van der Waals surface area contributed by atoms with Crippen molar-refractivity contribution in [2.75, 3.05) is 6.54 Å². The van der Waals surface area contributed by atoms with Crippen molar-refractivity contribution in [3.8, 4) is 0 Å². The number of halogens is 3. The Kier molecular flexibility index (Phi) is 4.80. The maximum absolute atomic E-state index is 12.7. The maximum Gasteiger partial charge on any atom is 0.416 e. The molecule has 0 fully saturated rings. The van der Waals surface area contributed by atoms with Crippen molar-refractivity contribution in [3.63, 3.8) is 0 Å². The lowest BCUT2D eigenvalue weighted by molar-refractivity contribution is -0.476. The molecule has 0 aromatic heterocycles. The molecule has 0 saturated heterocycles. The van der Waals surface area contributed by atoms with Gasteiger partial charge in [0.2, 0.25) is 0 Å². The van der Waals surface area contributed by atoms with Gasteiger partial charge in [0.05, 0.1) is 15.2 Å². The summed E-state index contributed by atoms with van der Waals surface area (Å²) in [6.45, 7) is 0.194. The van der Waals surface area contributed by atoms with Crippen molar-refractivity contribution in [2.24, 2.45) is 0 Å². The Balaban J connectivity index is 1.57. The van der Waals surface area contributed by atoms with E-state index in [2.05, 4.69) is 5.32 Å². The minimum atomic E-state index is -4.49. The van der Waals surface area contributed by atoms with Gasteiger partial charge in [0.1, 0.15) is 0 Å². The van der Waals surface area contributed by atoms with E-state index in [1.807, 2.05) is 12.1 Å². The second-order valence-corrected chi connectivity index (χ2v) is 6.71. The summed E-state index contributed by atoms with van der Waals surface area (Å²) in [4.78, 5) is 25.1. The first-order chi connectivity index (χ1) is 11.9. The van der Waals surface area contributed by atoms with Crippen molar-refractivity contribution < 1.29 is 22.7 Å². The number of thioether (sulfide) groups is 1. The zero-order valence-electron chi connectivity index (χ0n) is 12.9. The molecule has 1 N–H and O–H groups in total. The summed E-state index contributed by atoms with van der Waals surface area (Å²) in [7, 11) is 0. The molecule has 3 rings (SSSR count). The van der Waals surface area contributed by atoms with Gasteiger partial charge in [-0.2, -0.15) is 13.2 Å². The number of nitrogens with zero attached hydrogens (tertiary/aromatic N) is 1. The van der Waals surface area contributed by atoms with E-state index in [1.54, 1.807) is 12.1 Å². The quantitative estimate of drug-likeness (QED) is 0.817. The van der Waals surface area contributed by atoms with E-state index in [-0.39, 0.29) is 17.5 Å². The molecule has 1 amide bonds. The third-order valence-corrected chi connectivity index (χ3v) is 5.05. The van der Waals surface area contributed by atoms with Gasteiger partial charge < -0.3 is 5.32 Å². The Hall–Kier alpha value is -2.35. The van der Waals surface area contributed by atoms with Crippen LogP contribution in [-0.4, -0.2) is 22.6 Å². The molecular formula is C17H14F3N2O2S+. The van der Waals surface area contributed by atoms with Crippen LogP contribution in [0.25, 0.3) is 0 Å². The van der Waals surface area contributed by atoms with Gasteiger partial charge in [-0.25, -0.2) is 0 Å². The maximum atomic E-state index is 12.7. The van der Waals surface area contributed by atoms with Crippen LogP contribution in [0, 0.1) is 4.91 Å². The SMILES string of the molecule is O=C(NCCC1Sc2ccccc2[N+]1=O)c1cccc(C(F)(F)F)c1. The number of nitrogens with one attached hydrogen (secondary N) is 1. The Bertz CT molecular complexity index is 824. The number of hydrogen-bond donors (Lipinski definition) is 1. The number of benzene rings is 2. The number of carbonyl (C=O) groups excluding carboxylic acids is 1. The van der Waals surface area contributed by atoms with Crippen LogP contribution in [0.4, 0.5) is 18.9 Å². The molecule has 1 aliphatic heterocycles. The molecule has 1 unspecified atom stereocenters. The van der Waals surface area contributed by atoms with Crippen molar-refractivity contribution in [1.82, 2.24) is 5.32 Å². The summed E-state index contributed by atoms with van der Waals surface area (Å²) in [6.07, 6.45) is -4.11. The molecule has 4 nitrogen and oxygen atoms in total. The molecule has 1 heterocycles. The molecule has 0 saturated carbocycles. The summed E-state index contributed by atoms with van der Waals surface area (Å²) in [5.74, 6) is -0.593. The van der Waals surface area contributed by atoms with Crippen LogP contribution in [-0.2, 0) is 6.18 Å². The standard InChI is InChI=1S/C17H13F3N2O2S/c18-17(19,20)12-5-3-4-11(10-12)16(23)21-9-8-15-22(24)13-6-1-2-7-14(13)25-15/h1-7,10,15H,8-9H2/p+1. The number of fused-ring (bicyclic) bond motifs is 1. The molecule has 0 bridgehead atoms. The van der Waals surface area contributed by atoms with Crippen LogP contribution < -0.4 is 5.32 Å². The van der Waals surface area contributed by atoms with E-state index in [4.69, 9.17) is 0 Å². The number of carbonyl (C=O) groups is 1. The molecule has 1 atom stereocenters.